The van der Waals surface area contributed by atoms with Gasteiger partial charge in [0.05, 0.1) is 16.7 Å². The molecular formula is C35H46ClFN6O. The van der Waals surface area contributed by atoms with E-state index in [9.17, 15) is 9.18 Å². The number of pyridine rings is 1. The van der Waals surface area contributed by atoms with E-state index in [4.69, 9.17) is 16.9 Å². The third kappa shape index (κ3) is 9.13. The van der Waals surface area contributed by atoms with Gasteiger partial charge in [0.1, 0.15) is 11.6 Å². The Morgan fingerprint density at radius 1 is 1.09 bits per heavy atom. The fourth-order valence-electron chi connectivity index (χ4n) is 6.19. The average molecular weight is 621 g/mol. The lowest BCUT2D eigenvalue weighted by atomic mass is 10.0. The highest BCUT2D eigenvalue weighted by Crippen LogP contribution is 2.27. The van der Waals surface area contributed by atoms with Gasteiger partial charge in [0.2, 0.25) is 0 Å². The first-order valence-electron chi connectivity index (χ1n) is 16.1. The molecule has 2 fully saturated rings. The fraction of sp³-hybridized carbons (Fsp3) is 0.514. The molecule has 1 aromatic carbocycles. The van der Waals surface area contributed by atoms with Crippen LogP contribution in [0.3, 0.4) is 0 Å². The third-order valence-corrected chi connectivity index (χ3v) is 9.08. The van der Waals surface area contributed by atoms with Gasteiger partial charge in [-0.05, 0) is 87.9 Å². The van der Waals surface area contributed by atoms with Crippen LogP contribution in [0.5, 0.6) is 0 Å². The SMILES string of the molecule is CC.Cc1cc(CNC(=O)c2cnc(N3CCN(C4CCN(CCC5=CC=C(C#N)CCC5)CC4)CC3)c(Cl)c2)ccc1F. The van der Waals surface area contributed by atoms with E-state index in [0.717, 1.165) is 88.5 Å². The first kappa shape index (κ1) is 33.6. The van der Waals surface area contributed by atoms with Crippen molar-refractivity contribution in [1.82, 2.24) is 20.1 Å². The minimum absolute atomic E-state index is 0.257. The zero-order valence-electron chi connectivity index (χ0n) is 26.4. The molecule has 3 aliphatic rings. The number of carbonyl (C=O) groups is 1. The number of allylic oxidation sites excluding steroid dienone is 3. The maximum Gasteiger partial charge on any atom is 0.253 e. The van der Waals surface area contributed by atoms with Crippen molar-refractivity contribution in [3.05, 3.63) is 81.3 Å². The molecule has 0 bridgehead atoms. The van der Waals surface area contributed by atoms with Crippen LogP contribution >= 0.6 is 11.6 Å². The summed E-state index contributed by atoms with van der Waals surface area (Å²) >= 11 is 6.61. The number of hydrogen-bond donors (Lipinski definition) is 1. The predicted octanol–water partition coefficient (Wildman–Crippen LogP) is 6.68. The van der Waals surface area contributed by atoms with Crippen molar-refractivity contribution in [2.75, 3.05) is 50.7 Å². The normalized spacial score (nSPS) is 18.3. The van der Waals surface area contributed by atoms with Crippen LogP contribution in [0.2, 0.25) is 5.02 Å². The Balaban J connectivity index is 0.00000216. The highest BCUT2D eigenvalue weighted by molar-refractivity contribution is 6.33. The molecule has 0 saturated carbocycles. The summed E-state index contributed by atoms with van der Waals surface area (Å²) < 4.78 is 13.5. The quantitative estimate of drug-likeness (QED) is 0.355. The maximum absolute atomic E-state index is 13.5. The van der Waals surface area contributed by atoms with Gasteiger partial charge >= 0.3 is 0 Å². The molecule has 2 saturated heterocycles. The van der Waals surface area contributed by atoms with Gasteiger partial charge in [0.15, 0.2) is 0 Å². The van der Waals surface area contributed by atoms with Gasteiger partial charge in [-0.2, -0.15) is 5.26 Å². The highest BCUT2D eigenvalue weighted by Gasteiger charge is 2.28. The van der Waals surface area contributed by atoms with E-state index in [0.29, 0.717) is 28.7 Å². The maximum atomic E-state index is 13.5. The van der Waals surface area contributed by atoms with Gasteiger partial charge in [0.25, 0.3) is 5.91 Å². The van der Waals surface area contributed by atoms with E-state index in [1.54, 1.807) is 31.3 Å². The second-order valence-corrected chi connectivity index (χ2v) is 12.0. The summed E-state index contributed by atoms with van der Waals surface area (Å²) in [7, 11) is 0. The molecule has 1 N–H and O–H groups in total. The van der Waals surface area contributed by atoms with Gasteiger partial charge in [-0.1, -0.05) is 49.2 Å². The first-order chi connectivity index (χ1) is 21.4. The van der Waals surface area contributed by atoms with Crippen molar-refractivity contribution >= 4 is 23.3 Å². The van der Waals surface area contributed by atoms with Crippen LogP contribution < -0.4 is 10.2 Å². The molecule has 1 amide bonds. The summed E-state index contributed by atoms with van der Waals surface area (Å²) in [5, 5.41) is 12.5. The molecule has 1 aromatic heterocycles. The number of nitrogens with zero attached hydrogens (tertiary/aromatic N) is 5. The number of likely N-dealkylation sites (tertiary alicyclic amines) is 1. The molecule has 0 unspecified atom stereocenters. The zero-order chi connectivity index (χ0) is 31.5. The van der Waals surface area contributed by atoms with Crippen molar-refractivity contribution in [1.29, 1.82) is 5.26 Å². The number of aryl methyl sites for hydroxylation is 1. The Morgan fingerprint density at radius 2 is 1.84 bits per heavy atom. The van der Waals surface area contributed by atoms with E-state index in [1.165, 1.54) is 24.5 Å². The second-order valence-electron chi connectivity index (χ2n) is 11.6. The van der Waals surface area contributed by atoms with Gasteiger partial charge in [0, 0.05) is 57.1 Å². The lowest BCUT2D eigenvalue weighted by Crippen LogP contribution is -2.53. The fourth-order valence-corrected chi connectivity index (χ4v) is 6.48. The van der Waals surface area contributed by atoms with Crippen LogP contribution in [-0.4, -0.2) is 72.5 Å². The van der Waals surface area contributed by atoms with E-state index in [-0.39, 0.29) is 11.7 Å². The molecule has 236 valence electrons. The molecule has 3 heterocycles. The summed E-state index contributed by atoms with van der Waals surface area (Å²) in [6, 6.07) is 9.41. The Hall–Kier alpha value is -3.25. The summed E-state index contributed by atoms with van der Waals surface area (Å²) in [5.74, 6) is 0.207. The largest absolute Gasteiger partial charge is 0.353 e. The molecule has 1 aliphatic carbocycles. The molecule has 0 radical (unpaired) electrons. The molecule has 0 atom stereocenters. The number of aromatic nitrogens is 1. The Labute approximate surface area is 267 Å². The highest BCUT2D eigenvalue weighted by atomic mass is 35.5. The minimum Gasteiger partial charge on any atom is -0.353 e. The zero-order valence-corrected chi connectivity index (χ0v) is 27.2. The van der Waals surface area contributed by atoms with Crippen LogP contribution in [0.15, 0.2) is 53.8 Å². The van der Waals surface area contributed by atoms with Crippen LogP contribution in [0, 0.1) is 24.1 Å². The van der Waals surface area contributed by atoms with E-state index >= 15 is 0 Å². The van der Waals surface area contributed by atoms with Crippen LogP contribution in [0.4, 0.5) is 10.2 Å². The molecule has 2 aromatic rings. The summed E-state index contributed by atoms with van der Waals surface area (Å²) in [4.78, 5) is 24.7. The molecule has 7 nitrogen and oxygen atoms in total. The predicted molar refractivity (Wildman–Crippen MR) is 176 cm³/mol. The van der Waals surface area contributed by atoms with Gasteiger partial charge in [-0.15, -0.1) is 0 Å². The molecule has 44 heavy (non-hydrogen) atoms. The lowest BCUT2D eigenvalue weighted by Gasteiger charge is -2.43. The Kier molecular flexibility index (Phi) is 12.8. The molecule has 2 aliphatic heterocycles. The van der Waals surface area contributed by atoms with Crippen molar-refractivity contribution in [2.24, 2.45) is 0 Å². The monoisotopic (exact) mass is 620 g/mol. The number of nitrogens with one attached hydrogen (secondary N) is 1. The number of hydrogen-bond acceptors (Lipinski definition) is 6. The number of halogens is 2. The number of piperidine rings is 1. The average Bonchev–Trinajstić information content (AvgIpc) is 3.31. The number of benzene rings is 1. The Bertz CT molecular complexity index is 1370. The standard InChI is InChI=1S/C33H40ClFN6O.C2H6/c1-24-19-27(7-8-31(24)35)22-38-33(42)28-20-30(34)32(37-23-28)41-17-15-40(16-18-41)29-10-13-39(14-11-29)12-9-25-3-2-4-26(21-36)6-5-25;1-2/h5-8,19-20,23,29H,2-4,9-18,22H2,1H3,(H,38,42);1-2H3. The Morgan fingerprint density at radius 3 is 2.52 bits per heavy atom. The van der Waals surface area contributed by atoms with Crippen molar-refractivity contribution < 1.29 is 9.18 Å². The van der Waals surface area contributed by atoms with E-state index in [1.807, 2.05) is 19.9 Å². The van der Waals surface area contributed by atoms with Gasteiger partial charge < -0.3 is 15.1 Å². The van der Waals surface area contributed by atoms with Gasteiger partial charge in [-0.25, -0.2) is 9.37 Å². The second kappa shape index (κ2) is 16.7. The number of anilines is 1. The number of nitriles is 1. The summed E-state index contributed by atoms with van der Waals surface area (Å²) in [5.41, 5.74) is 4.17. The molecular weight excluding hydrogens is 575 g/mol. The topological polar surface area (TPSA) is 75.5 Å². The van der Waals surface area contributed by atoms with Crippen molar-refractivity contribution in [2.45, 2.75) is 71.9 Å². The lowest BCUT2D eigenvalue weighted by molar-refractivity contribution is 0.0950. The minimum atomic E-state index is -0.259. The number of amides is 1. The number of piperazine rings is 1. The van der Waals surface area contributed by atoms with Crippen molar-refractivity contribution in [3.8, 4) is 6.07 Å². The van der Waals surface area contributed by atoms with Crippen LogP contribution in [0.1, 0.15) is 73.9 Å². The molecule has 9 heteroatoms. The van der Waals surface area contributed by atoms with Gasteiger partial charge in [-0.3, -0.25) is 9.69 Å². The number of rotatable bonds is 8. The van der Waals surface area contributed by atoms with Crippen molar-refractivity contribution in [3.63, 3.8) is 0 Å². The summed E-state index contributed by atoms with van der Waals surface area (Å²) in [6.07, 6.45) is 12.3. The molecule has 5 rings (SSSR count). The first-order valence-corrected chi connectivity index (χ1v) is 16.5. The smallest absolute Gasteiger partial charge is 0.253 e. The molecule has 0 spiro atoms. The van der Waals surface area contributed by atoms with E-state index in [2.05, 4.69) is 37.1 Å². The third-order valence-electron chi connectivity index (χ3n) is 8.80. The number of carbonyl (C=O) groups excluding carboxylic acids is 1. The van der Waals surface area contributed by atoms with Crippen LogP contribution in [0.25, 0.3) is 0 Å². The van der Waals surface area contributed by atoms with Crippen LogP contribution in [-0.2, 0) is 6.54 Å². The summed E-state index contributed by atoms with van der Waals surface area (Å²) in [6.45, 7) is 13.0. The van der Waals surface area contributed by atoms with E-state index < -0.39 is 0 Å².